The molecule has 6 aromatic rings. The van der Waals surface area contributed by atoms with E-state index in [4.69, 9.17) is 10.3 Å². The lowest BCUT2D eigenvalue weighted by molar-refractivity contribution is 0.283. The number of aromatic hydroxyl groups is 2. The molecule has 0 spiro atoms. The lowest BCUT2D eigenvalue weighted by atomic mass is 10.1. The molecule has 77 heavy (non-hydrogen) atoms. The number of nitrogens with zero attached hydrogens (tertiary/aromatic N) is 8. The highest BCUT2D eigenvalue weighted by Gasteiger charge is 2.30. The largest absolute Gasteiger partial charge is 0.505 e. The van der Waals surface area contributed by atoms with E-state index in [9.17, 15) is 92.5 Å². The summed E-state index contributed by atoms with van der Waals surface area (Å²) in [6, 6.07) is 11.9. The van der Waals surface area contributed by atoms with Gasteiger partial charge in [-0.2, -0.15) is 57.0 Å². The highest BCUT2D eigenvalue weighted by Crippen LogP contribution is 2.49. The van der Waals surface area contributed by atoms with Gasteiger partial charge in [0.25, 0.3) is 40.5 Å². The van der Waals surface area contributed by atoms with Crippen LogP contribution in [0, 0.1) is 0 Å². The van der Waals surface area contributed by atoms with Crippen LogP contribution >= 0.6 is 0 Å². The summed E-state index contributed by atoms with van der Waals surface area (Å²) in [7, 11) is -35.5. The number of phenolic OH excluding ortho intramolecular Hbond substituents is 1. The summed E-state index contributed by atoms with van der Waals surface area (Å²) >= 11 is 0. The third-order valence-corrected chi connectivity index (χ3v) is 17.2. The topological polar surface area (TPSA) is 539 Å². The molecule has 11 N–H and O–H groups in total. The molecule has 0 aliphatic heterocycles. The fourth-order valence-corrected chi connectivity index (χ4v) is 11.7. The molecule has 0 radical (unpaired) electrons. The standard InChI is InChI=1S/C37H36N10O23S7/c38-31-30-20(16-28(75(61,62)63)32(31)45-43-24-8-7-23(19-27(24)74(58,59)60)72(53,54)15-12-70-77(67,68)69)17-29(76(64,65)66)33(34(30)49)46-44-25-18-21(6-9-26(25)73(55,56)57)39-35-40-36(42-37(50)41-35)47(22-4-2-1-3-5-22)10-13-71(51,52)14-11-48/h1-9,16-19,48-49H,10-15,38H2,(H,55,56,57)(H,58,59,60)(H,61,62,63)(H,64,65,66)(H,67,68,69)(H2,39,40,41,42,50). The van der Waals surface area contributed by atoms with Gasteiger partial charge in [-0.25, -0.2) is 21.0 Å². The molecule has 0 aliphatic carbocycles. The van der Waals surface area contributed by atoms with Crippen LogP contribution in [0.15, 0.2) is 124 Å². The van der Waals surface area contributed by atoms with E-state index >= 15 is 0 Å². The van der Waals surface area contributed by atoms with Gasteiger partial charge in [-0.1, -0.05) is 18.2 Å². The van der Waals surface area contributed by atoms with Crippen molar-refractivity contribution in [1.82, 2.24) is 15.0 Å². The van der Waals surface area contributed by atoms with Crippen LogP contribution in [-0.4, -0.2) is 149 Å². The van der Waals surface area contributed by atoms with E-state index < -0.39 is 182 Å². The molecule has 0 atom stereocenters. The first-order valence-corrected chi connectivity index (χ1v) is 30.9. The Labute approximate surface area is 435 Å². The Morgan fingerprint density at radius 1 is 0.597 bits per heavy atom. The Kier molecular flexibility index (Phi) is 17.0. The number of hydrogen-bond donors (Lipinski definition) is 10. The number of rotatable bonds is 22. The number of sulfone groups is 2. The molecule has 0 saturated heterocycles. The van der Waals surface area contributed by atoms with Gasteiger partial charge in [0.05, 0.1) is 46.4 Å². The van der Waals surface area contributed by atoms with Crippen LogP contribution in [0.2, 0.25) is 0 Å². The second kappa shape index (κ2) is 22.1. The zero-order valence-corrected chi connectivity index (χ0v) is 43.7. The number of hydrogen-bond acceptors (Lipinski definition) is 28. The van der Waals surface area contributed by atoms with Crippen LogP contribution in [0.3, 0.4) is 0 Å². The van der Waals surface area contributed by atoms with Crippen molar-refractivity contribution < 1.29 is 101 Å². The first-order valence-electron chi connectivity index (χ1n) is 20.3. The molecule has 1 aromatic heterocycles. The summed E-state index contributed by atoms with van der Waals surface area (Å²) < 4.78 is 226. The molecule has 0 aliphatic rings. The Bertz CT molecular complexity index is 4230. The Balaban J connectivity index is 1.47. The van der Waals surface area contributed by atoms with Gasteiger partial charge in [0, 0.05) is 17.9 Å². The first-order chi connectivity index (χ1) is 35.5. The number of fused-ring (bicyclic) bond motifs is 1. The van der Waals surface area contributed by atoms with Crippen molar-refractivity contribution in [2.45, 2.75) is 24.5 Å². The van der Waals surface area contributed by atoms with E-state index in [0.717, 1.165) is 18.2 Å². The number of phenols is 1. The minimum absolute atomic E-state index is 0.242. The van der Waals surface area contributed by atoms with E-state index in [-0.39, 0.29) is 18.2 Å². The summed E-state index contributed by atoms with van der Waals surface area (Å²) in [6.45, 7) is -2.15. The minimum Gasteiger partial charge on any atom is -0.505 e. The number of aromatic nitrogens is 3. The zero-order chi connectivity index (χ0) is 57.3. The summed E-state index contributed by atoms with van der Waals surface area (Å²) in [6.07, 6.45) is 0. The van der Waals surface area contributed by atoms with Crippen molar-refractivity contribution in [3.8, 4) is 11.8 Å². The maximum atomic E-state index is 12.8. The number of nitrogens with two attached hydrogens (primary N) is 1. The highest BCUT2D eigenvalue weighted by atomic mass is 32.3. The molecule has 0 fully saturated rings. The fraction of sp³-hybridized carbons (Fsp3) is 0.162. The molecular formula is C37H36N10O23S7. The summed E-state index contributed by atoms with van der Waals surface area (Å²) in [5.41, 5.74) is 0.884. The van der Waals surface area contributed by atoms with E-state index in [2.05, 4.69) is 44.9 Å². The second-order valence-corrected chi connectivity index (χ2v) is 26.3. The van der Waals surface area contributed by atoms with Crippen LogP contribution in [0.1, 0.15) is 0 Å². The predicted octanol–water partition coefficient (Wildman–Crippen LogP) is 2.72. The van der Waals surface area contributed by atoms with Gasteiger partial charge in [0.2, 0.25) is 11.9 Å². The van der Waals surface area contributed by atoms with Crippen LogP contribution in [-0.2, 0) is 74.7 Å². The van der Waals surface area contributed by atoms with Gasteiger partial charge in [0.1, 0.15) is 42.3 Å². The molecule has 0 amide bonds. The number of nitrogens with one attached hydrogen (secondary N) is 1. The SMILES string of the molecule is Nc1c(N=Nc2ccc(S(=O)(=O)CCOS(=O)(=O)O)cc2S(=O)(=O)O)c(S(=O)(=O)O)cc2cc(S(=O)(=O)O)c(N=Nc3cc(Nc4nc(O)nc(N(CCS(=O)(=O)CCO)c5ccccc5)n4)ccc3S(=O)(=O)O)c(O)c12. The van der Waals surface area contributed by atoms with E-state index in [0.29, 0.717) is 36.0 Å². The third kappa shape index (κ3) is 14.7. The third-order valence-electron chi connectivity index (χ3n) is 9.98. The molecule has 1 heterocycles. The van der Waals surface area contributed by atoms with Gasteiger partial charge >= 0.3 is 16.4 Å². The van der Waals surface area contributed by atoms with Crippen molar-refractivity contribution in [3.63, 3.8) is 0 Å². The molecule has 33 nitrogen and oxygen atoms in total. The van der Waals surface area contributed by atoms with Gasteiger partial charge in [-0.15, -0.1) is 20.5 Å². The van der Waals surface area contributed by atoms with Crippen LogP contribution < -0.4 is 16.0 Å². The van der Waals surface area contributed by atoms with Crippen molar-refractivity contribution in [1.29, 1.82) is 0 Å². The number of anilines is 5. The lowest BCUT2D eigenvalue weighted by Gasteiger charge is -2.23. The van der Waals surface area contributed by atoms with Gasteiger partial charge in [-0.05, 0) is 66.0 Å². The molecule has 0 unspecified atom stereocenters. The molecule has 40 heteroatoms. The number of nitrogen functional groups attached to an aromatic ring is 1. The maximum Gasteiger partial charge on any atom is 0.397 e. The number of azo groups is 2. The molecular weight excluding hydrogens is 1180 g/mol. The number of para-hydroxylation sites is 1. The molecule has 0 bridgehead atoms. The van der Waals surface area contributed by atoms with E-state index in [1.54, 1.807) is 30.3 Å². The summed E-state index contributed by atoms with van der Waals surface area (Å²) in [5.74, 6) is -4.55. The number of benzene rings is 5. The average Bonchev–Trinajstić information content (AvgIpc) is 3.29. The number of aliphatic hydroxyl groups excluding tert-OH is 1. The van der Waals surface area contributed by atoms with Crippen LogP contribution in [0.4, 0.5) is 51.7 Å². The lowest BCUT2D eigenvalue weighted by Crippen LogP contribution is -2.28. The monoisotopic (exact) mass is 1210 g/mol. The molecule has 6 rings (SSSR count). The fourth-order valence-electron chi connectivity index (χ4n) is 6.63. The van der Waals surface area contributed by atoms with Gasteiger partial charge in [0.15, 0.2) is 25.4 Å². The van der Waals surface area contributed by atoms with Crippen molar-refractivity contribution in [3.05, 3.63) is 78.9 Å². The van der Waals surface area contributed by atoms with Crippen molar-refractivity contribution in [2.75, 3.05) is 53.0 Å². The van der Waals surface area contributed by atoms with Gasteiger partial charge < -0.3 is 31.3 Å². The van der Waals surface area contributed by atoms with Crippen molar-refractivity contribution >= 4 is 133 Å². The van der Waals surface area contributed by atoms with Crippen LogP contribution in [0.25, 0.3) is 10.8 Å². The Morgan fingerprint density at radius 3 is 1.77 bits per heavy atom. The van der Waals surface area contributed by atoms with E-state index in [1.807, 2.05) is 0 Å². The zero-order valence-electron chi connectivity index (χ0n) is 38.0. The molecule has 0 saturated carbocycles. The Morgan fingerprint density at radius 2 is 1.18 bits per heavy atom. The van der Waals surface area contributed by atoms with E-state index in [1.165, 1.54) is 4.90 Å². The van der Waals surface area contributed by atoms with Crippen LogP contribution in [0.5, 0.6) is 11.8 Å². The average molecular weight is 1210 g/mol. The second-order valence-electron chi connectivity index (χ2n) is 15.2. The highest BCUT2D eigenvalue weighted by molar-refractivity contribution is 7.92. The smallest absolute Gasteiger partial charge is 0.397 e. The maximum absolute atomic E-state index is 12.8. The van der Waals surface area contributed by atoms with Gasteiger partial charge in [-0.3, -0.25) is 22.8 Å². The van der Waals surface area contributed by atoms with Crippen molar-refractivity contribution in [2.24, 2.45) is 20.5 Å². The first kappa shape index (κ1) is 59.2. The molecule has 5 aromatic carbocycles. The number of aliphatic hydroxyl groups is 1. The minimum atomic E-state index is -5.60. The predicted molar refractivity (Wildman–Crippen MR) is 264 cm³/mol. The summed E-state index contributed by atoms with van der Waals surface area (Å²) in [4.78, 5) is 7.04. The normalized spacial score (nSPS) is 13.2. The summed E-state index contributed by atoms with van der Waals surface area (Å²) in [5, 5.41) is 46.6. The molecule has 414 valence electrons. The Hall–Kier alpha value is -7.06. The quantitative estimate of drug-likeness (QED) is 0.0265.